The van der Waals surface area contributed by atoms with Crippen molar-refractivity contribution in [2.75, 3.05) is 53.4 Å². The summed E-state index contributed by atoms with van der Waals surface area (Å²) in [5, 5.41) is 4.68. The second kappa shape index (κ2) is 12.9. The molecule has 7 nitrogen and oxygen atoms in total. The van der Waals surface area contributed by atoms with E-state index in [1.54, 1.807) is 19.2 Å². The van der Waals surface area contributed by atoms with Crippen molar-refractivity contribution < 1.29 is 40.4 Å². The van der Waals surface area contributed by atoms with Gasteiger partial charge in [-0.25, -0.2) is 4.39 Å². The van der Waals surface area contributed by atoms with Gasteiger partial charge in [-0.15, -0.1) is 0 Å². The first-order valence-electron chi connectivity index (χ1n) is 13.5. The van der Waals surface area contributed by atoms with Gasteiger partial charge >= 0.3 is 12.4 Å². The molecule has 0 aliphatic carbocycles. The summed E-state index contributed by atoms with van der Waals surface area (Å²) >= 11 is 0. The minimum atomic E-state index is -5.09. The molecule has 0 radical (unpaired) electrons. The van der Waals surface area contributed by atoms with E-state index >= 15 is 0 Å². The van der Waals surface area contributed by atoms with E-state index in [-0.39, 0.29) is 25.6 Å². The van der Waals surface area contributed by atoms with Crippen LogP contribution in [0.5, 0.6) is 0 Å². The van der Waals surface area contributed by atoms with Crippen LogP contribution in [0.2, 0.25) is 0 Å². The van der Waals surface area contributed by atoms with Crippen LogP contribution in [0.15, 0.2) is 47.8 Å². The third-order valence-corrected chi connectivity index (χ3v) is 7.15. The Balaban J connectivity index is 1.63. The van der Waals surface area contributed by atoms with Crippen LogP contribution in [0, 0.1) is 5.82 Å². The minimum Gasteiger partial charge on any atom is -0.394 e. The number of aromatic amines is 1. The zero-order chi connectivity index (χ0) is 31.5. The number of nitrogens with one attached hydrogen (secondary N) is 1. The van der Waals surface area contributed by atoms with Gasteiger partial charge in [-0.3, -0.25) is 9.69 Å². The summed E-state index contributed by atoms with van der Waals surface area (Å²) < 4.78 is 95.2. The maximum Gasteiger partial charge on any atom is 0.416 e. The number of likely N-dealkylation sites (N-methyl/N-ethyl adjacent to an activating group) is 1. The van der Waals surface area contributed by atoms with E-state index in [2.05, 4.69) is 10.1 Å². The van der Waals surface area contributed by atoms with E-state index in [1.807, 2.05) is 23.9 Å². The summed E-state index contributed by atoms with van der Waals surface area (Å²) in [5.41, 5.74) is -1.89. The lowest BCUT2D eigenvalue weighted by Gasteiger charge is -2.41. The molecule has 14 heteroatoms. The number of hydrogen-bond acceptors (Lipinski definition) is 5. The van der Waals surface area contributed by atoms with Crippen molar-refractivity contribution in [3.05, 3.63) is 70.7 Å². The van der Waals surface area contributed by atoms with E-state index in [4.69, 9.17) is 4.84 Å². The summed E-state index contributed by atoms with van der Waals surface area (Å²) in [6, 6.07) is 4.41. The Morgan fingerprint density at radius 2 is 1.72 bits per heavy atom. The SMILES string of the molecule is CC(CN1CCN(C(=O)c2cc(C(F)(F)F)cc(C(F)(F)F)c2)C(Cc2c[nH]c3ccc(F)cc23)C1)=NOCCN(C)C. The van der Waals surface area contributed by atoms with E-state index in [1.165, 1.54) is 17.0 Å². The smallest absolute Gasteiger partial charge is 0.394 e. The van der Waals surface area contributed by atoms with Gasteiger partial charge < -0.3 is 19.6 Å². The third kappa shape index (κ3) is 8.25. The monoisotopic (exact) mass is 615 g/mol. The summed E-state index contributed by atoms with van der Waals surface area (Å²) in [4.78, 5) is 27.2. The molecule has 0 spiro atoms. The molecule has 1 atom stereocenters. The van der Waals surface area contributed by atoms with Crippen molar-refractivity contribution in [2.45, 2.75) is 31.7 Å². The molecule has 1 fully saturated rings. The van der Waals surface area contributed by atoms with Crippen LogP contribution >= 0.6 is 0 Å². The number of carbonyl (C=O) groups is 1. The lowest BCUT2D eigenvalue weighted by molar-refractivity contribution is -0.143. The second-order valence-electron chi connectivity index (χ2n) is 10.9. The Morgan fingerprint density at radius 3 is 2.35 bits per heavy atom. The number of aromatic nitrogens is 1. The highest BCUT2D eigenvalue weighted by Gasteiger charge is 2.39. The first kappa shape index (κ1) is 32.3. The van der Waals surface area contributed by atoms with Crippen LogP contribution in [0.25, 0.3) is 10.9 Å². The van der Waals surface area contributed by atoms with E-state index in [0.717, 1.165) is 0 Å². The summed E-state index contributed by atoms with van der Waals surface area (Å²) in [6.45, 7) is 3.74. The van der Waals surface area contributed by atoms with Gasteiger partial charge in [0.15, 0.2) is 0 Å². The number of alkyl halides is 6. The Morgan fingerprint density at radius 1 is 1.05 bits per heavy atom. The molecule has 3 aromatic rings. The van der Waals surface area contributed by atoms with Gasteiger partial charge in [-0.1, -0.05) is 5.16 Å². The number of carbonyl (C=O) groups excluding carboxylic acids is 1. The molecule has 1 aliphatic heterocycles. The predicted molar refractivity (Wildman–Crippen MR) is 147 cm³/mol. The summed E-state index contributed by atoms with van der Waals surface area (Å²) in [7, 11) is 3.79. The zero-order valence-electron chi connectivity index (χ0n) is 23.8. The van der Waals surface area contributed by atoms with Crippen molar-refractivity contribution in [1.82, 2.24) is 19.7 Å². The molecule has 2 heterocycles. The molecule has 0 bridgehead atoms. The molecule has 4 rings (SSSR count). The number of hydrogen-bond donors (Lipinski definition) is 1. The van der Waals surface area contributed by atoms with Crippen LogP contribution in [0.1, 0.15) is 34.0 Å². The van der Waals surface area contributed by atoms with Crippen LogP contribution < -0.4 is 0 Å². The third-order valence-electron chi connectivity index (χ3n) is 7.15. The van der Waals surface area contributed by atoms with Crippen molar-refractivity contribution in [3.63, 3.8) is 0 Å². The van der Waals surface area contributed by atoms with Gasteiger partial charge in [-0.05, 0) is 69.4 Å². The molecule has 1 saturated heterocycles. The van der Waals surface area contributed by atoms with Crippen molar-refractivity contribution in [3.8, 4) is 0 Å². The minimum absolute atomic E-state index is 0.00455. The topological polar surface area (TPSA) is 64.2 Å². The van der Waals surface area contributed by atoms with E-state index in [0.29, 0.717) is 60.6 Å². The van der Waals surface area contributed by atoms with Gasteiger partial charge in [0.25, 0.3) is 5.91 Å². The highest BCUT2D eigenvalue weighted by Crippen LogP contribution is 2.37. The molecule has 1 aliphatic rings. The Hall–Kier alpha value is -3.65. The number of oxime groups is 1. The second-order valence-corrected chi connectivity index (χ2v) is 10.9. The zero-order valence-corrected chi connectivity index (χ0v) is 23.8. The maximum absolute atomic E-state index is 14.0. The molecule has 1 N–H and O–H groups in total. The molecule has 234 valence electrons. The van der Waals surface area contributed by atoms with Crippen LogP contribution in [0.3, 0.4) is 0 Å². The number of halogens is 7. The highest BCUT2D eigenvalue weighted by molar-refractivity contribution is 5.95. The fourth-order valence-electron chi connectivity index (χ4n) is 5.05. The number of nitrogens with zero attached hydrogens (tertiary/aromatic N) is 4. The lowest BCUT2D eigenvalue weighted by Crippen LogP contribution is -2.56. The molecule has 1 unspecified atom stereocenters. The molecule has 1 aromatic heterocycles. The van der Waals surface area contributed by atoms with Gasteiger partial charge in [0.05, 0.1) is 16.8 Å². The summed E-state index contributed by atoms with van der Waals surface area (Å²) in [6.07, 6.45) is -8.35. The van der Waals surface area contributed by atoms with Gasteiger partial charge in [0.1, 0.15) is 12.4 Å². The average Bonchev–Trinajstić information content (AvgIpc) is 3.31. The van der Waals surface area contributed by atoms with Crippen molar-refractivity contribution in [2.24, 2.45) is 5.16 Å². The molecular formula is C29H32F7N5O2. The number of piperazine rings is 1. The first-order chi connectivity index (χ1) is 20.1. The standard InChI is InChI=1S/C29H32F7N5O2/c1-18(38-43-9-8-39(2)3)16-40-6-7-41(24(17-40)12-20-15-37-26-5-4-23(30)14-25(20)26)27(42)19-10-21(28(31,32)33)13-22(11-19)29(34,35)36/h4-5,10-11,13-15,24,37H,6-9,12,16-17H2,1-3H3. The number of rotatable bonds is 9. The van der Waals surface area contributed by atoms with Crippen LogP contribution in [0.4, 0.5) is 30.7 Å². The molecule has 0 saturated carbocycles. The molecular weight excluding hydrogens is 583 g/mol. The van der Waals surface area contributed by atoms with Gasteiger partial charge in [0.2, 0.25) is 0 Å². The first-order valence-corrected chi connectivity index (χ1v) is 13.5. The number of H-pyrrole nitrogens is 1. The van der Waals surface area contributed by atoms with E-state index < -0.39 is 46.8 Å². The Bertz CT molecular complexity index is 1430. The van der Waals surface area contributed by atoms with Crippen molar-refractivity contribution in [1.29, 1.82) is 0 Å². The number of fused-ring (bicyclic) bond motifs is 1. The average molecular weight is 616 g/mol. The number of benzene rings is 2. The van der Waals surface area contributed by atoms with Crippen molar-refractivity contribution >= 4 is 22.5 Å². The molecule has 43 heavy (non-hydrogen) atoms. The van der Waals surface area contributed by atoms with Gasteiger partial charge in [0, 0.05) is 61.4 Å². The quantitative estimate of drug-likeness (QED) is 0.146. The fraction of sp³-hybridized carbons (Fsp3) is 0.448. The maximum atomic E-state index is 14.0. The number of amides is 1. The van der Waals surface area contributed by atoms with E-state index in [9.17, 15) is 35.5 Å². The molecule has 1 amide bonds. The van der Waals surface area contributed by atoms with Crippen LogP contribution in [-0.2, 0) is 23.6 Å². The van der Waals surface area contributed by atoms with Crippen LogP contribution in [-0.4, -0.2) is 90.8 Å². The largest absolute Gasteiger partial charge is 0.416 e. The predicted octanol–water partition coefficient (Wildman–Crippen LogP) is 5.67. The highest BCUT2D eigenvalue weighted by atomic mass is 19.4. The lowest BCUT2D eigenvalue weighted by atomic mass is 9.98. The fourth-order valence-corrected chi connectivity index (χ4v) is 5.05. The molecule has 2 aromatic carbocycles. The Labute approximate surface area is 243 Å². The summed E-state index contributed by atoms with van der Waals surface area (Å²) in [5.74, 6) is -1.43. The van der Waals surface area contributed by atoms with Gasteiger partial charge in [-0.2, -0.15) is 26.3 Å². The normalized spacial score (nSPS) is 17.2. The Kier molecular flexibility index (Phi) is 9.70.